The van der Waals surface area contributed by atoms with Crippen LogP contribution >= 0.6 is 15.9 Å². The molecule has 2 aromatic heterocycles. The Morgan fingerprint density at radius 2 is 2.24 bits per heavy atom. The van der Waals surface area contributed by atoms with E-state index in [-0.39, 0.29) is 0 Å². The number of fused-ring (bicyclic) bond motifs is 1. The summed E-state index contributed by atoms with van der Waals surface area (Å²) in [5.41, 5.74) is 8.48. The summed E-state index contributed by atoms with van der Waals surface area (Å²) in [7, 11) is 1.90. The van der Waals surface area contributed by atoms with Gasteiger partial charge in [-0.05, 0) is 33.6 Å². The molecule has 17 heavy (non-hydrogen) atoms. The van der Waals surface area contributed by atoms with E-state index in [1.54, 1.807) is 6.20 Å². The smallest absolute Gasteiger partial charge is 0.229 e. The van der Waals surface area contributed by atoms with Gasteiger partial charge >= 0.3 is 0 Å². The number of halogens is 1. The quantitative estimate of drug-likeness (QED) is 0.748. The third-order valence-corrected chi connectivity index (χ3v) is 3.30. The first-order chi connectivity index (χ1) is 8.16. The second kappa shape index (κ2) is 3.59. The summed E-state index contributed by atoms with van der Waals surface area (Å²) in [6, 6.07) is 5.97. The first-order valence-electron chi connectivity index (χ1n) is 4.99. The van der Waals surface area contributed by atoms with Crippen LogP contribution in [-0.4, -0.2) is 14.9 Å². The average Bonchev–Trinajstić information content (AvgIpc) is 2.84. The average molecular weight is 293 g/mol. The van der Waals surface area contributed by atoms with Gasteiger partial charge in [-0.15, -0.1) is 0 Å². The van der Waals surface area contributed by atoms with Crippen LogP contribution in [0.1, 0.15) is 0 Å². The maximum atomic E-state index is 5.70. The summed E-state index contributed by atoms with van der Waals surface area (Å²) in [6.07, 6.45) is 1.61. The van der Waals surface area contributed by atoms with Gasteiger partial charge < -0.3 is 10.3 Å². The fraction of sp³-hybridized carbons (Fsp3) is 0.0909. The van der Waals surface area contributed by atoms with E-state index in [9.17, 15) is 0 Å². The molecule has 0 aliphatic rings. The molecule has 86 valence electrons. The molecule has 2 N–H and O–H groups in total. The summed E-state index contributed by atoms with van der Waals surface area (Å²) >= 11 is 3.42. The molecule has 6 heteroatoms. The summed E-state index contributed by atoms with van der Waals surface area (Å²) in [4.78, 5) is 0. The van der Waals surface area contributed by atoms with Crippen molar-refractivity contribution >= 4 is 32.7 Å². The Bertz CT molecular complexity index is 701. The zero-order chi connectivity index (χ0) is 12.0. The van der Waals surface area contributed by atoms with Crippen molar-refractivity contribution < 1.29 is 4.52 Å². The summed E-state index contributed by atoms with van der Waals surface area (Å²) < 4.78 is 7.51. The van der Waals surface area contributed by atoms with Gasteiger partial charge in [-0.1, -0.05) is 11.2 Å². The molecule has 0 atom stereocenters. The molecule has 0 saturated carbocycles. The van der Waals surface area contributed by atoms with Gasteiger partial charge in [0.2, 0.25) is 5.88 Å². The molecule has 2 heterocycles. The Kier molecular flexibility index (Phi) is 2.19. The molecule has 0 aliphatic heterocycles. The zero-order valence-electron chi connectivity index (χ0n) is 9.01. The van der Waals surface area contributed by atoms with Gasteiger partial charge in [-0.2, -0.15) is 5.10 Å². The number of rotatable bonds is 1. The van der Waals surface area contributed by atoms with Crippen LogP contribution in [-0.2, 0) is 7.05 Å². The van der Waals surface area contributed by atoms with Crippen LogP contribution < -0.4 is 5.73 Å². The Morgan fingerprint density at radius 1 is 1.41 bits per heavy atom. The lowest BCUT2D eigenvalue weighted by Crippen LogP contribution is -1.90. The maximum Gasteiger partial charge on any atom is 0.229 e. The van der Waals surface area contributed by atoms with Crippen LogP contribution in [0, 0.1) is 0 Å². The molecule has 5 nitrogen and oxygen atoms in total. The molecule has 0 unspecified atom stereocenters. The third kappa shape index (κ3) is 1.52. The van der Waals surface area contributed by atoms with E-state index >= 15 is 0 Å². The minimum atomic E-state index is 0.325. The Labute approximate surface area is 105 Å². The van der Waals surface area contributed by atoms with Crippen LogP contribution in [0.5, 0.6) is 0 Å². The Balaban J connectivity index is 2.27. The number of benzene rings is 1. The summed E-state index contributed by atoms with van der Waals surface area (Å²) in [6.45, 7) is 0. The molecule has 3 rings (SSSR count). The zero-order valence-corrected chi connectivity index (χ0v) is 10.6. The van der Waals surface area contributed by atoms with E-state index in [1.165, 1.54) is 0 Å². The van der Waals surface area contributed by atoms with Crippen molar-refractivity contribution in [3.8, 4) is 11.1 Å². The van der Waals surface area contributed by atoms with Crippen molar-refractivity contribution in [3.05, 3.63) is 29.0 Å². The highest BCUT2D eigenvalue weighted by Crippen LogP contribution is 2.30. The number of aryl methyl sites for hydroxylation is 1. The second-order valence-electron chi connectivity index (χ2n) is 3.75. The minimum absolute atomic E-state index is 0.325. The lowest BCUT2D eigenvalue weighted by Gasteiger charge is -1.99. The van der Waals surface area contributed by atoms with Crippen LogP contribution in [0.15, 0.2) is 33.5 Å². The molecule has 0 aliphatic carbocycles. The van der Waals surface area contributed by atoms with Crippen LogP contribution in [0.3, 0.4) is 0 Å². The van der Waals surface area contributed by atoms with Gasteiger partial charge in [0.1, 0.15) is 4.60 Å². The summed E-state index contributed by atoms with van der Waals surface area (Å²) in [5, 5.41) is 9.03. The lowest BCUT2D eigenvalue weighted by atomic mass is 10.1. The van der Waals surface area contributed by atoms with Gasteiger partial charge in [-0.3, -0.25) is 4.68 Å². The number of hydrogen-bond acceptors (Lipinski definition) is 4. The highest BCUT2D eigenvalue weighted by Gasteiger charge is 2.11. The number of anilines is 1. The van der Waals surface area contributed by atoms with E-state index in [4.69, 9.17) is 10.3 Å². The van der Waals surface area contributed by atoms with Crippen molar-refractivity contribution in [3.63, 3.8) is 0 Å². The van der Waals surface area contributed by atoms with Crippen molar-refractivity contribution in [1.29, 1.82) is 0 Å². The van der Waals surface area contributed by atoms with Gasteiger partial charge in [0.25, 0.3) is 0 Å². The van der Waals surface area contributed by atoms with Crippen LogP contribution in [0.2, 0.25) is 0 Å². The molecule has 1 aromatic carbocycles. The van der Waals surface area contributed by atoms with Crippen molar-refractivity contribution in [2.24, 2.45) is 7.05 Å². The van der Waals surface area contributed by atoms with E-state index in [0.29, 0.717) is 5.88 Å². The SMILES string of the molecule is Cn1nc(Br)c2ccc(-c3cnoc3N)cc21. The van der Waals surface area contributed by atoms with E-state index in [0.717, 1.165) is 26.6 Å². The number of nitrogens with two attached hydrogens (primary N) is 1. The molecule has 0 bridgehead atoms. The molecular formula is C11H9BrN4O. The largest absolute Gasteiger partial charge is 0.367 e. The minimum Gasteiger partial charge on any atom is -0.367 e. The summed E-state index contributed by atoms with van der Waals surface area (Å²) in [5.74, 6) is 0.325. The Morgan fingerprint density at radius 3 is 2.94 bits per heavy atom. The first kappa shape index (κ1) is 10.3. The van der Waals surface area contributed by atoms with E-state index < -0.39 is 0 Å². The maximum absolute atomic E-state index is 5.70. The van der Waals surface area contributed by atoms with Gasteiger partial charge in [0.05, 0.1) is 17.3 Å². The third-order valence-electron chi connectivity index (χ3n) is 2.72. The standard InChI is InChI=1S/C11H9BrN4O/c1-16-9-4-6(8-5-14-17-11(8)13)2-3-7(9)10(12)15-16/h2-5H,13H2,1H3. The van der Waals surface area contributed by atoms with Crippen LogP contribution in [0.25, 0.3) is 22.0 Å². The molecule has 0 saturated heterocycles. The molecular weight excluding hydrogens is 284 g/mol. The normalized spacial score (nSPS) is 11.2. The number of aromatic nitrogens is 3. The molecule has 3 aromatic rings. The predicted molar refractivity (Wildman–Crippen MR) is 68.3 cm³/mol. The molecule has 0 radical (unpaired) electrons. The van der Waals surface area contributed by atoms with Gasteiger partial charge in [-0.25, -0.2) is 0 Å². The molecule has 0 fully saturated rings. The first-order valence-corrected chi connectivity index (χ1v) is 5.79. The highest BCUT2D eigenvalue weighted by molar-refractivity contribution is 9.10. The highest BCUT2D eigenvalue weighted by atomic mass is 79.9. The van der Waals surface area contributed by atoms with Crippen LogP contribution in [0.4, 0.5) is 5.88 Å². The van der Waals surface area contributed by atoms with Crippen molar-refractivity contribution in [1.82, 2.24) is 14.9 Å². The van der Waals surface area contributed by atoms with Gasteiger partial charge in [0.15, 0.2) is 0 Å². The monoisotopic (exact) mass is 292 g/mol. The molecule has 0 amide bonds. The van der Waals surface area contributed by atoms with Crippen molar-refractivity contribution in [2.45, 2.75) is 0 Å². The van der Waals surface area contributed by atoms with E-state index in [2.05, 4.69) is 26.2 Å². The van der Waals surface area contributed by atoms with Crippen molar-refractivity contribution in [2.75, 3.05) is 5.73 Å². The Hall–Kier alpha value is -1.82. The number of nitrogen functional groups attached to an aromatic ring is 1. The number of hydrogen-bond donors (Lipinski definition) is 1. The fourth-order valence-corrected chi connectivity index (χ4v) is 2.42. The predicted octanol–water partition coefficient (Wildman–Crippen LogP) is 2.57. The van der Waals surface area contributed by atoms with Gasteiger partial charge in [0, 0.05) is 12.4 Å². The number of nitrogens with zero attached hydrogens (tertiary/aromatic N) is 3. The fourth-order valence-electron chi connectivity index (χ4n) is 1.85. The second-order valence-corrected chi connectivity index (χ2v) is 4.50. The van der Waals surface area contributed by atoms with E-state index in [1.807, 2.05) is 29.9 Å². The lowest BCUT2D eigenvalue weighted by molar-refractivity contribution is 0.436. The molecule has 0 spiro atoms. The topological polar surface area (TPSA) is 69.9 Å².